The van der Waals surface area contributed by atoms with Gasteiger partial charge >= 0.3 is 0 Å². The highest BCUT2D eigenvalue weighted by atomic mass is 16.8. The van der Waals surface area contributed by atoms with Gasteiger partial charge in [0.1, 0.15) is 23.8 Å². The van der Waals surface area contributed by atoms with Crippen LogP contribution in [0.4, 0.5) is 0 Å². The predicted molar refractivity (Wildman–Crippen MR) is 125 cm³/mol. The van der Waals surface area contributed by atoms with Crippen LogP contribution in [0.3, 0.4) is 0 Å². The number of carbonyl (C=O) groups is 2. The standard InChI is InChI=1S/C25H19N3O7/c29-14-9-34-25(22(31)21(14)30)35-28-13-8-4-2-6-11(13)16-18-17(23(32)27-24(18)33)15-10-5-1-3-7-12(10)26-19(15)20(16)28/h1-8,14,21-22,25-26,29-31H,9H2,(H,27,32,33)/t14-,21+,22-,25+/m1/s1. The molecule has 10 nitrogen and oxygen atoms in total. The lowest BCUT2D eigenvalue weighted by Gasteiger charge is -2.34. The zero-order valence-corrected chi connectivity index (χ0v) is 18.1. The maximum Gasteiger partial charge on any atom is 0.259 e. The van der Waals surface area contributed by atoms with Gasteiger partial charge < -0.3 is 29.9 Å². The van der Waals surface area contributed by atoms with E-state index in [1.807, 2.05) is 36.4 Å². The molecule has 0 saturated carbocycles. The van der Waals surface area contributed by atoms with Crippen molar-refractivity contribution >= 4 is 55.4 Å². The molecule has 3 aromatic carbocycles. The van der Waals surface area contributed by atoms with E-state index in [4.69, 9.17) is 9.57 Å². The van der Waals surface area contributed by atoms with E-state index in [-0.39, 0.29) is 12.2 Å². The van der Waals surface area contributed by atoms with E-state index in [2.05, 4.69) is 10.3 Å². The van der Waals surface area contributed by atoms with Crippen LogP contribution in [-0.4, -0.2) is 68.1 Å². The van der Waals surface area contributed by atoms with Gasteiger partial charge in [-0.05, 0) is 12.1 Å². The third kappa shape index (κ3) is 2.61. The summed E-state index contributed by atoms with van der Waals surface area (Å²) in [5.41, 5.74) is 2.95. The van der Waals surface area contributed by atoms with Gasteiger partial charge in [0.05, 0.1) is 28.8 Å². The fourth-order valence-electron chi connectivity index (χ4n) is 5.29. The molecule has 0 spiro atoms. The van der Waals surface area contributed by atoms with Crippen molar-refractivity contribution in [3.05, 3.63) is 59.7 Å². The van der Waals surface area contributed by atoms with E-state index in [0.29, 0.717) is 38.3 Å². The number of benzene rings is 3. The first-order valence-corrected chi connectivity index (χ1v) is 11.1. The summed E-state index contributed by atoms with van der Waals surface area (Å²) < 4.78 is 6.95. The Morgan fingerprint density at radius 3 is 2.37 bits per heavy atom. The molecule has 2 amide bonds. The van der Waals surface area contributed by atoms with Crippen LogP contribution in [0.5, 0.6) is 0 Å². The normalized spacial score (nSPS) is 24.5. The quantitative estimate of drug-likeness (QED) is 0.242. The van der Waals surface area contributed by atoms with Crippen LogP contribution in [0.25, 0.3) is 43.6 Å². The van der Waals surface area contributed by atoms with Gasteiger partial charge in [-0.25, -0.2) is 0 Å². The van der Waals surface area contributed by atoms with Crippen molar-refractivity contribution in [3.8, 4) is 0 Å². The molecule has 2 aliphatic heterocycles. The molecule has 0 aliphatic carbocycles. The summed E-state index contributed by atoms with van der Waals surface area (Å²) in [7, 11) is 0. The first-order valence-electron chi connectivity index (χ1n) is 11.1. The number of aromatic nitrogens is 2. The highest BCUT2D eigenvalue weighted by molar-refractivity contribution is 6.39. The molecular weight excluding hydrogens is 454 g/mol. The number of imide groups is 1. The number of aliphatic hydroxyl groups is 3. The second-order valence-corrected chi connectivity index (χ2v) is 8.84. The van der Waals surface area contributed by atoms with Gasteiger partial charge in [-0.2, -0.15) is 4.73 Å². The zero-order valence-electron chi connectivity index (χ0n) is 18.1. The second kappa shape index (κ2) is 7.03. The topological polar surface area (TPSA) is 146 Å². The van der Waals surface area contributed by atoms with Gasteiger partial charge in [-0.15, -0.1) is 0 Å². The number of carbonyl (C=O) groups excluding carboxylic acids is 2. The Balaban J connectivity index is 1.62. The molecule has 4 heterocycles. The Bertz CT molecular complexity index is 1720. The monoisotopic (exact) mass is 473 g/mol. The number of amides is 2. The molecule has 5 N–H and O–H groups in total. The smallest absolute Gasteiger partial charge is 0.259 e. The van der Waals surface area contributed by atoms with Crippen molar-refractivity contribution in [1.82, 2.24) is 15.0 Å². The van der Waals surface area contributed by atoms with Crippen LogP contribution in [-0.2, 0) is 4.74 Å². The van der Waals surface area contributed by atoms with Gasteiger partial charge in [-0.3, -0.25) is 14.9 Å². The average Bonchev–Trinajstić information content (AvgIpc) is 3.49. The summed E-state index contributed by atoms with van der Waals surface area (Å²) in [6, 6.07) is 14.7. The molecule has 1 fully saturated rings. The lowest BCUT2D eigenvalue weighted by molar-refractivity contribution is -0.266. The summed E-state index contributed by atoms with van der Waals surface area (Å²) in [5, 5.41) is 35.5. The van der Waals surface area contributed by atoms with Crippen LogP contribution in [0, 0.1) is 0 Å². The van der Waals surface area contributed by atoms with E-state index in [9.17, 15) is 24.9 Å². The Morgan fingerprint density at radius 2 is 1.57 bits per heavy atom. The minimum absolute atomic E-state index is 0.228. The molecule has 5 aromatic rings. The van der Waals surface area contributed by atoms with E-state index < -0.39 is 36.4 Å². The summed E-state index contributed by atoms with van der Waals surface area (Å²) >= 11 is 0. The average molecular weight is 473 g/mol. The first kappa shape index (κ1) is 20.4. The molecule has 35 heavy (non-hydrogen) atoms. The van der Waals surface area contributed by atoms with Crippen LogP contribution in [0.2, 0.25) is 0 Å². The number of fused-ring (bicyclic) bond motifs is 10. The summed E-state index contributed by atoms with van der Waals surface area (Å²) in [4.78, 5) is 35.5. The fourth-order valence-corrected chi connectivity index (χ4v) is 5.29. The van der Waals surface area contributed by atoms with Gasteiger partial charge in [-0.1, -0.05) is 36.4 Å². The largest absolute Gasteiger partial charge is 0.388 e. The number of H-pyrrole nitrogens is 1. The van der Waals surface area contributed by atoms with E-state index in [1.54, 1.807) is 12.1 Å². The maximum atomic E-state index is 13.0. The zero-order chi connectivity index (χ0) is 24.0. The maximum absolute atomic E-state index is 13.0. The van der Waals surface area contributed by atoms with E-state index in [0.717, 1.165) is 10.9 Å². The lowest BCUT2D eigenvalue weighted by Crippen LogP contribution is -2.56. The van der Waals surface area contributed by atoms with Crippen molar-refractivity contribution in [2.24, 2.45) is 0 Å². The molecule has 1 saturated heterocycles. The fraction of sp³-hybridized carbons (Fsp3) is 0.200. The van der Waals surface area contributed by atoms with Gasteiger partial charge in [0.2, 0.25) is 0 Å². The molecule has 7 rings (SSSR count). The van der Waals surface area contributed by atoms with Crippen LogP contribution in [0.15, 0.2) is 48.5 Å². The highest BCUT2D eigenvalue weighted by Gasteiger charge is 2.41. The Morgan fingerprint density at radius 1 is 0.886 bits per heavy atom. The van der Waals surface area contributed by atoms with Crippen molar-refractivity contribution in [2.45, 2.75) is 24.6 Å². The summed E-state index contributed by atoms with van der Waals surface area (Å²) in [6.45, 7) is -0.228. The van der Waals surface area contributed by atoms with Gasteiger partial charge in [0.25, 0.3) is 18.1 Å². The third-order valence-corrected chi connectivity index (χ3v) is 6.87. The van der Waals surface area contributed by atoms with E-state index in [1.165, 1.54) is 4.73 Å². The van der Waals surface area contributed by atoms with Crippen molar-refractivity contribution in [2.75, 3.05) is 6.61 Å². The van der Waals surface area contributed by atoms with Gasteiger partial charge in [0.15, 0.2) is 0 Å². The van der Waals surface area contributed by atoms with Crippen molar-refractivity contribution < 1.29 is 34.5 Å². The number of nitrogens with one attached hydrogen (secondary N) is 2. The number of ether oxygens (including phenoxy) is 1. The Kier molecular flexibility index (Phi) is 4.10. The number of nitrogens with zero attached hydrogens (tertiary/aromatic N) is 1. The van der Waals surface area contributed by atoms with Gasteiger partial charge in [0, 0.05) is 27.1 Å². The number of hydrogen-bond donors (Lipinski definition) is 5. The molecule has 0 radical (unpaired) electrons. The highest BCUT2D eigenvalue weighted by Crippen LogP contribution is 2.43. The molecule has 176 valence electrons. The summed E-state index contributed by atoms with van der Waals surface area (Å²) in [5.74, 6) is -0.972. The molecule has 0 bridgehead atoms. The lowest BCUT2D eigenvalue weighted by atomic mass is 9.97. The molecule has 2 aliphatic rings. The van der Waals surface area contributed by atoms with Crippen molar-refractivity contribution in [1.29, 1.82) is 0 Å². The second-order valence-electron chi connectivity index (χ2n) is 8.84. The van der Waals surface area contributed by atoms with Crippen molar-refractivity contribution in [3.63, 3.8) is 0 Å². The number of hydrogen-bond acceptors (Lipinski definition) is 7. The number of aliphatic hydroxyl groups excluding tert-OH is 3. The third-order valence-electron chi connectivity index (χ3n) is 6.87. The number of aromatic amines is 1. The van der Waals surface area contributed by atoms with Crippen LogP contribution >= 0.6 is 0 Å². The number of rotatable bonds is 2. The SMILES string of the molecule is O=C1NC(=O)c2c1c1c3ccccc3[nH]c1c1c2c2ccccc2n1O[C@@H]1OC[C@@H](O)[C@H](O)[C@H]1O. The molecular formula is C25H19N3O7. The minimum Gasteiger partial charge on any atom is -0.388 e. The predicted octanol–water partition coefficient (Wildman–Crippen LogP) is 1.18. The van der Waals surface area contributed by atoms with E-state index >= 15 is 0 Å². The molecule has 4 atom stereocenters. The number of para-hydroxylation sites is 2. The summed E-state index contributed by atoms with van der Waals surface area (Å²) in [6.07, 6.45) is -5.52. The molecule has 2 aromatic heterocycles. The first-order chi connectivity index (χ1) is 17.0. The minimum atomic E-state index is -1.52. The Hall–Kier alpha value is -3.96. The molecule has 10 heteroatoms. The molecule has 0 unspecified atom stereocenters. The van der Waals surface area contributed by atoms with Crippen LogP contribution < -0.4 is 10.2 Å². The Labute approximate surface area is 196 Å². The van der Waals surface area contributed by atoms with Crippen LogP contribution in [0.1, 0.15) is 20.7 Å².